The number of carbonyl (C=O) groups excluding carboxylic acids is 1. The molecule has 0 N–H and O–H groups in total. The van der Waals surface area contributed by atoms with Crippen LogP contribution in [0.5, 0.6) is 0 Å². The van der Waals surface area contributed by atoms with Gasteiger partial charge < -0.3 is 18.9 Å². The Morgan fingerprint density at radius 3 is 2.65 bits per heavy atom. The second-order valence-electron chi connectivity index (χ2n) is 6.79. The van der Waals surface area contributed by atoms with Crippen LogP contribution >= 0.6 is 0 Å². The van der Waals surface area contributed by atoms with Gasteiger partial charge in [0.15, 0.2) is 0 Å². The van der Waals surface area contributed by atoms with Crippen molar-refractivity contribution in [3.05, 3.63) is 18.2 Å². The number of ether oxygens (including phenoxy) is 2. The predicted molar refractivity (Wildman–Crippen MR) is 86.2 cm³/mol. The van der Waals surface area contributed by atoms with Crippen LogP contribution in [0.2, 0.25) is 0 Å². The molecule has 1 aromatic rings. The molecule has 2 fully saturated rings. The fourth-order valence-corrected chi connectivity index (χ4v) is 3.89. The second kappa shape index (κ2) is 7.01. The Hall–Kier alpha value is -1.40. The van der Waals surface area contributed by atoms with Crippen molar-refractivity contribution >= 4 is 5.91 Å². The summed E-state index contributed by atoms with van der Waals surface area (Å²) in [5, 5.41) is 0. The molecule has 6 nitrogen and oxygen atoms in total. The minimum Gasteiger partial charge on any atom is -0.384 e. The van der Waals surface area contributed by atoms with Crippen molar-refractivity contribution in [2.24, 2.45) is 5.41 Å². The van der Waals surface area contributed by atoms with Crippen LogP contribution in [0, 0.1) is 12.3 Å². The number of piperidine rings is 1. The summed E-state index contributed by atoms with van der Waals surface area (Å²) in [6.07, 6.45) is 7.31. The summed E-state index contributed by atoms with van der Waals surface area (Å²) >= 11 is 0. The smallest absolute Gasteiger partial charge is 0.231 e. The monoisotopic (exact) mass is 321 g/mol. The van der Waals surface area contributed by atoms with Crippen LogP contribution in [0.25, 0.3) is 0 Å². The van der Waals surface area contributed by atoms with E-state index in [2.05, 4.69) is 16.5 Å². The van der Waals surface area contributed by atoms with Gasteiger partial charge in [0.2, 0.25) is 5.91 Å². The van der Waals surface area contributed by atoms with Crippen LogP contribution in [-0.4, -0.2) is 60.4 Å². The van der Waals surface area contributed by atoms with Crippen molar-refractivity contribution < 1.29 is 14.3 Å². The van der Waals surface area contributed by atoms with Crippen LogP contribution in [0.15, 0.2) is 12.5 Å². The average Bonchev–Trinajstić information content (AvgIpc) is 3.01. The minimum atomic E-state index is -0.384. The Balaban J connectivity index is 1.64. The highest BCUT2D eigenvalue weighted by Gasteiger charge is 2.43. The van der Waals surface area contributed by atoms with Gasteiger partial charge in [0.1, 0.15) is 0 Å². The third-order valence-electron chi connectivity index (χ3n) is 5.33. The molecule has 2 saturated heterocycles. The molecule has 0 aliphatic carbocycles. The van der Waals surface area contributed by atoms with Gasteiger partial charge in [-0.25, -0.2) is 4.98 Å². The number of aromatic nitrogens is 2. The summed E-state index contributed by atoms with van der Waals surface area (Å²) in [5.41, 5.74) is 0.806. The molecule has 23 heavy (non-hydrogen) atoms. The van der Waals surface area contributed by atoms with E-state index in [1.807, 2.05) is 17.4 Å². The van der Waals surface area contributed by atoms with E-state index in [4.69, 9.17) is 9.47 Å². The lowest BCUT2D eigenvalue weighted by Crippen LogP contribution is -2.51. The van der Waals surface area contributed by atoms with Crippen molar-refractivity contribution in [3.63, 3.8) is 0 Å². The molecule has 0 saturated carbocycles. The lowest BCUT2D eigenvalue weighted by Gasteiger charge is -2.42. The van der Waals surface area contributed by atoms with Crippen molar-refractivity contribution in [3.8, 4) is 0 Å². The Morgan fingerprint density at radius 2 is 2.09 bits per heavy atom. The maximum absolute atomic E-state index is 13.1. The van der Waals surface area contributed by atoms with E-state index >= 15 is 0 Å². The van der Waals surface area contributed by atoms with Crippen LogP contribution in [0.1, 0.15) is 37.4 Å². The molecule has 1 amide bonds. The zero-order valence-corrected chi connectivity index (χ0v) is 14.2. The number of rotatable bonds is 4. The van der Waals surface area contributed by atoms with E-state index in [-0.39, 0.29) is 11.3 Å². The highest BCUT2D eigenvalue weighted by Crippen LogP contribution is 2.35. The van der Waals surface area contributed by atoms with Crippen LogP contribution in [-0.2, 0) is 14.3 Å². The predicted octanol–water partition coefficient (Wildman–Crippen LogP) is 1.80. The van der Waals surface area contributed by atoms with E-state index in [0.29, 0.717) is 25.9 Å². The number of hydrogen-bond acceptors (Lipinski definition) is 4. The number of amides is 1. The molecule has 3 rings (SSSR count). The van der Waals surface area contributed by atoms with Crippen LogP contribution < -0.4 is 0 Å². The van der Waals surface area contributed by atoms with Gasteiger partial charge in [-0.2, -0.15) is 0 Å². The van der Waals surface area contributed by atoms with Gasteiger partial charge in [-0.15, -0.1) is 0 Å². The number of methoxy groups -OCH3 is 1. The molecule has 0 bridgehead atoms. The summed E-state index contributed by atoms with van der Waals surface area (Å²) in [6.45, 7) is 5.51. The standard InChI is InChI=1S/C17H27N3O3/c1-14-11-18-13-20(14)15-3-7-19(8-4-15)16(21)17(12-22-2)5-9-23-10-6-17/h11,13,15H,3-10,12H2,1-2H3. The van der Waals surface area contributed by atoms with Gasteiger partial charge in [0.25, 0.3) is 0 Å². The Bertz CT molecular complexity index is 523. The fourth-order valence-electron chi connectivity index (χ4n) is 3.89. The Morgan fingerprint density at radius 1 is 1.39 bits per heavy atom. The quantitative estimate of drug-likeness (QED) is 0.848. The van der Waals surface area contributed by atoms with Crippen LogP contribution in [0.4, 0.5) is 0 Å². The molecule has 0 spiro atoms. The van der Waals surface area contributed by atoms with Crippen molar-refractivity contribution in [1.82, 2.24) is 14.5 Å². The van der Waals surface area contributed by atoms with Gasteiger partial charge in [-0.3, -0.25) is 4.79 Å². The maximum Gasteiger partial charge on any atom is 0.231 e. The first-order chi connectivity index (χ1) is 11.2. The summed E-state index contributed by atoms with van der Waals surface area (Å²) in [7, 11) is 1.68. The Kier molecular flexibility index (Phi) is 5.02. The van der Waals surface area contributed by atoms with Gasteiger partial charge in [0, 0.05) is 51.3 Å². The molecule has 0 unspecified atom stereocenters. The molecule has 128 valence electrons. The molecule has 3 heterocycles. The first kappa shape index (κ1) is 16.5. The van der Waals surface area contributed by atoms with E-state index in [1.54, 1.807) is 7.11 Å². The molecular weight excluding hydrogens is 294 g/mol. The average molecular weight is 321 g/mol. The summed E-state index contributed by atoms with van der Waals surface area (Å²) < 4.78 is 13.1. The molecule has 2 aliphatic heterocycles. The number of hydrogen-bond donors (Lipinski definition) is 0. The van der Waals surface area contributed by atoms with Gasteiger partial charge in [0.05, 0.1) is 18.3 Å². The molecule has 1 aromatic heterocycles. The third-order valence-corrected chi connectivity index (χ3v) is 5.33. The topological polar surface area (TPSA) is 56.6 Å². The number of aryl methyl sites for hydroxylation is 1. The zero-order valence-electron chi connectivity index (χ0n) is 14.2. The van der Waals surface area contributed by atoms with Gasteiger partial charge in [-0.05, 0) is 32.6 Å². The summed E-state index contributed by atoms with van der Waals surface area (Å²) in [4.78, 5) is 19.3. The molecule has 0 atom stereocenters. The molecular formula is C17H27N3O3. The SMILES string of the molecule is COCC1(C(=O)N2CCC(n3cncc3C)CC2)CCOCC1. The minimum absolute atomic E-state index is 0.253. The van der Waals surface area contributed by atoms with Crippen molar-refractivity contribution in [1.29, 1.82) is 0 Å². The van der Waals surface area contributed by atoms with E-state index in [0.717, 1.165) is 38.8 Å². The van der Waals surface area contributed by atoms with Gasteiger partial charge >= 0.3 is 0 Å². The maximum atomic E-state index is 13.1. The summed E-state index contributed by atoms with van der Waals surface area (Å²) in [5.74, 6) is 0.253. The molecule has 6 heteroatoms. The van der Waals surface area contributed by atoms with Crippen molar-refractivity contribution in [2.75, 3.05) is 40.0 Å². The first-order valence-electron chi connectivity index (χ1n) is 8.51. The number of carbonyl (C=O) groups is 1. The normalized spacial score (nSPS) is 22.3. The highest BCUT2D eigenvalue weighted by atomic mass is 16.5. The lowest BCUT2D eigenvalue weighted by atomic mass is 9.79. The molecule has 2 aliphatic rings. The third kappa shape index (κ3) is 3.28. The highest BCUT2D eigenvalue weighted by molar-refractivity contribution is 5.83. The zero-order chi connectivity index (χ0) is 16.3. The summed E-state index contributed by atoms with van der Waals surface area (Å²) in [6, 6.07) is 0.453. The number of likely N-dealkylation sites (tertiary alicyclic amines) is 1. The number of imidazole rings is 1. The number of nitrogens with zero attached hydrogens (tertiary/aromatic N) is 3. The molecule has 0 radical (unpaired) electrons. The van der Waals surface area contributed by atoms with Crippen molar-refractivity contribution in [2.45, 2.75) is 38.6 Å². The largest absolute Gasteiger partial charge is 0.384 e. The Labute approximate surface area is 137 Å². The van der Waals surface area contributed by atoms with Gasteiger partial charge in [-0.1, -0.05) is 0 Å². The fraction of sp³-hybridized carbons (Fsp3) is 0.765. The van der Waals surface area contributed by atoms with E-state index in [9.17, 15) is 4.79 Å². The van der Waals surface area contributed by atoms with E-state index in [1.165, 1.54) is 5.69 Å². The lowest BCUT2D eigenvalue weighted by molar-refractivity contribution is -0.154. The van der Waals surface area contributed by atoms with Crippen LogP contribution in [0.3, 0.4) is 0 Å². The second-order valence-corrected chi connectivity index (χ2v) is 6.79. The first-order valence-corrected chi connectivity index (χ1v) is 8.51. The van der Waals surface area contributed by atoms with E-state index < -0.39 is 0 Å². The molecule has 0 aromatic carbocycles.